The molecule has 2 N–H and O–H groups in total. The highest BCUT2D eigenvalue weighted by molar-refractivity contribution is 5.63. The van der Waals surface area contributed by atoms with Gasteiger partial charge in [-0.15, -0.1) is 0 Å². The lowest BCUT2D eigenvalue weighted by Crippen LogP contribution is -2.29. The molecule has 0 saturated carbocycles. The molecule has 3 aromatic rings. The third kappa shape index (κ3) is 3.39. The minimum absolute atomic E-state index is 0.245. The van der Waals surface area contributed by atoms with Crippen LogP contribution in [0.3, 0.4) is 0 Å². The van der Waals surface area contributed by atoms with Gasteiger partial charge in [-0.3, -0.25) is 4.98 Å². The quantitative estimate of drug-likeness (QED) is 0.762. The number of fused-ring (bicyclic) bond motifs is 1. The van der Waals surface area contributed by atoms with Crippen LogP contribution in [-0.2, 0) is 19.4 Å². The van der Waals surface area contributed by atoms with E-state index in [-0.39, 0.29) is 11.9 Å². The Balaban J connectivity index is 1.47. The first-order valence-corrected chi connectivity index (χ1v) is 8.42. The van der Waals surface area contributed by atoms with Crippen molar-refractivity contribution in [1.82, 2.24) is 10.3 Å². The normalized spacial score (nSPS) is 16.0. The third-order valence-electron chi connectivity index (χ3n) is 4.71. The average molecular weight is 334 g/mol. The van der Waals surface area contributed by atoms with Crippen molar-refractivity contribution in [1.29, 1.82) is 0 Å². The van der Waals surface area contributed by atoms with E-state index in [0.29, 0.717) is 12.3 Å². The summed E-state index contributed by atoms with van der Waals surface area (Å²) in [4.78, 5) is 4.10. The number of rotatable bonds is 4. The molecule has 126 valence electrons. The molecule has 4 heteroatoms. The molecule has 0 spiro atoms. The van der Waals surface area contributed by atoms with Gasteiger partial charge < -0.3 is 10.4 Å². The Bertz CT molecular complexity index is 896. The number of hydrogen-bond acceptors (Lipinski definition) is 3. The van der Waals surface area contributed by atoms with E-state index in [1.807, 2.05) is 24.3 Å². The Morgan fingerprint density at radius 3 is 2.80 bits per heavy atom. The first-order valence-electron chi connectivity index (χ1n) is 8.42. The lowest BCUT2D eigenvalue weighted by atomic mass is 10.0. The van der Waals surface area contributed by atoms with Crippen molar-refractivity contribution in [2.75, 3.05) is 0 Å². The Labute approximate surface area is 146 Å². The maximum Gasteiger partial charge on any atom is 0.124 e. The molecule has 4 rings (SSSR count). The first kappa shape index (κ1) is 15.8. The molecule has 1 atom stereocenters. The Kier molecular flexibility index (Phi) is 4.20. The summed E-state index contributed by atoms with van der Waals surface area (Å²) in [6.45, 7) is 0.588. The van der Waals surface area contributed by atoms with Crippen molar-refractivity contribution in [3.05, 3.63) is 83.4 Å². The van der Waals surface area contributed by atoms with E-state index in [9.17, 15) is 9.50 Å². The molecule has 1 aromatic heterocycles. The van der Waals surface area contributed by atoms with E-state index < -0.39 is 0 Å². The topological polar surface area (TPSA) is 45.1 Å². The van der Waals surface area contributed by atoms with E-state index in [2.05, 4.69) is 16.4 Å². The highest BCUT2D eigenvalue weighted by atomic mass is 19.1. The number of nitrogens with zero attached hydrogens (tertiary/aromatic N) is 1. The molecule has 1 unspecified atom stereocenters. The molecule has 3 nitrogen and oxygen atoms in total. The van der Waals surface area contributed by atoms with Crippen LogP contribution in [0.25, 0.3) is 11.1 Å². The number of pyridine rings is 1. The maximum atomic E-state index is 14.0. The number of hydrogen-bond donors (Lipinski definition) is 2. The predicted octanol–water partition coefficient (Wildman–Crippen LogP) is 3.85. The zero-order chi connectivity index (χ0) is 17.2. The van der Waals surface area contributed by atoms with Crippen LogP contribution in [0, 0.1) is 5.82 Å². The van der Waals surface area contributed by atoms with E-state index >= 15 is 0 Å². The summed E-state index contributed by atoms with van der Waals surface area (Å²) in [6, 6.07) is 14.8. The zero-order valence-corrected chi connectivity index (χ0v) is 13.7. The second-order valence-electron chi connectivity index (χ2n) is 6.49. The predicted molar refractivity (Wildman–Crippen MR) is 95.8 cm³/mol. The molecule has 0 radical (unpaired) electrons. The molecule has 2 aromatic carbocycles. The molecule has 25 heavy (non-hydrogen) atoms. The van der Waals surface area contributed by atoms with Gasteiger partial charge in [-0.1, -0.05) is 18.2 Å². The average Bonchev–Trinajstić information content (AvgIpc) is 3.05. The van der Waals surface area contributed by atoms with Crippen LogP contribution in [0.4, 0.5) is 4.39 Å². The van der Waals surface area contributed by atoms with Crippen molar-refractivity contribution >= 4 is 0 Å². The van der Waals surface area contributed by atoms with E-state index in [4.69, 9.17) is 0 Å². The summed E-state index contributed by atoms with van der Waals surface area (Å²) < 4.78 is 14.0. The second-order valence-corrected chi connectivity index (χ2v) is 6.49. The summed E-state index contributed by atoms with van der Waals surface area (Å²) >= 11 is 0. The number of halogens is 1. The number of phenolic OH excluding ortho intramolecular Hbond substituents is 1. The molecule has 0 aliphatic heterocycles. The minimum Gasteiger partial charge on any atom is -0.508 e. The van der Waals surface area contributed by atoms with Gasteiger partial charge in [0.1, 0.15) is 11.6 Å². The van der Waals surface area contributed by atoms with Crippen molar-refractivity contribution in [3.63, 3.8) is 0 Å². The lowest BCUT2D eigenvalue weighted by Gasteiger charge is -2.13. The highest BCUT2D eigenvalue weighted by Gasteiger charge is 2.23. The fraction of sp³-hybridized carbons (Fsp3) is 0.190. The monoisotopic (exact) mass is 334 g/mol. The van der Waals surface area contributed by atoms with Crippen LogP contribution < -0.4 is 5.32 Å². The number of aromatic hydroxyl groups is 1. The molecule has 1 heterocycles. The van der Waals surface area contributed by atoms with Crippen LogP contribution >= 0.6 is 0 Å². The first-order chi connectivity index (χ1) is 12.2. The Morgan fingerprint density at radius 1 is 1.08 bits per heavy atom. The van der Waals surface area contributed by atoms with Crippen molar-refractivity contribution in [2.24, 2.45) is 0 Å². The number of phenols is 1. The molecular formula is C21H19FN2O. The number of benzene rings is 2. The fourth-order valence-electron chi connectivity index (χ4n) is 3.49. The van der Waals surface area contributed by atoms with Crippen LogP contribution in [0.1, 0.15) is 16.7 Å². The van der Waals surface area contributed by atoms with Gasteiger partial charge in [0, 0.05) is 30.5 Å². The number of aromatic nitrogens is 1. The van der Waals surface area contributed by atoms with Gasteiger partial charge in [0.05, 0.1) is 0 Å². The standard InChI is InChI=1S/C21H19FN2O/c22-18-8-14(7-17(9-18)16-4-2-6-23-13-16)12-24-19-10-15-3-1-5-21(25)20(15)11-19/h1-9,13,19,24-25H,10-12H2. The Hall–Kier alpha value is -2.72. The maximum absolute atomic E-state index is 14.0. The lowest BCUT2D eigenvalue weighted by molar-refractivity contribution is 0.464. The summed E-state index contributed by atoms with van der Waals surface area (Å²) in [6.07, 6.45) is 5.13. The zero-order valence-electron chi connectivity index (χ0n) is 13.7. The summed E-state index contributed by atoms with van der Waals surface area (Å²) in [5.41, 5.74) is 4.85. The van der Waals surface area contributed by atoms with Gasteiger partial charge in [-0.25, -0.2) is 4.39 Å². The van der Waals surface area contributed by atoms with Gasteiger partial charge in [-0.05, 0) is 65.4 Å². The van der Waals surface area contributed by atoms with Gasteiger partial charge in [0.25, 0.3) is 0 Å². The summed E-state index contributed by atoms with van der Waals surface area (Å²) in [5.74, 6) is 0.122. The van der Waals surface area contributed by atoms with Crippen LogP contribution in [0.15, 0.2) is 60.9 Å². The molecule has 1 aliphatic rings. The third-order valence-corrected chi connectivity index (χ3v) is 4.71. The van der Waals surface area contributed by atoms with Crippen molar-refractivity contribution in [2.45, 2.75) is 25.4 Å². The van der Waals surface area contributed by atoms with Crippen LogP contribution in [0.5, 0.6) is 5.75 Å². The largest absolute Gasteiger partial charge is 0.508 e. The fourth-order valence-corrected chi connectivity index (χ4v) is 3.49. The molecular weight excluding hydrogens is 315 g/mol. The van der Waals surface area contributed by atoms with Gasteiger partial charge in [-0.2, -0.15) is 0 Å². The second kappa shape index (κ2) is 6.65. The Morgan fingerprint density at radius 2 is 2.00 bits per heavy atom. The van der Waals surface area contributed by atoms with Crippen LogP contribution in [-0.4, -0.2) is 16.1 Å². The van der Waals surface area contributed by atoms with Crippen molar-refractivity contribution < 1.29 is 9.50 Å². The smallest absolute Gasteiger partial charge is 0.124 e. The summed E-state index contributed by atoms with van der Waals surface area (Å²) in [5, 5.41) is 13.4. The van der Waals surface area contributed by atoms with Gasteiger partial charge in [0.2, 0.25) is 0 Å². The van der Waals surface area contributed by atoms with Crippen molar-refractivity contribution in [3.8, 4) is 16.9 Å². The SMILES string of the molecule is Oc1cccc2c1CC(NCc1cc(F)cc(-c3cccnc3)c1)C2. The highest BCUT2D eigenvalue weighted by Crippen LogP contribution is 2.30. The molecule has 0 saturated heterocycles. The van der Waals surface area contributed by atoms with Gasteiger partial charge in [0.15, 0.2) is 0 Å². The van der Waals surface area contributed by atoms with E-state index in [0.717, 1.165) is 35.1 Å². The molecule has 1 aliphatic carbocycles. The molecule has 0 amide bonds. The van der Waals surface area contributed by atoms with E-state index in [1.54, 1.807) is 24.5 Å². The van der Waals surface area contributed by atoms with Gasteiger partial charge >= 0.3 is 0 Å². The van der Waals surface area contributed by atoms with Crippen LogP contribution in [0.2, 0.25) is 0 Å². The molecule has 0 bridgehead atoms. The molecule has 0 fully saturated rings. The number of nitrogens with one attached hydrogen (secondary N) is 1. The summed E-state index contributed by atoms with van der Waals surface area (Å²) in [7, 11) is 0. The minimum atomic E-state index is -0.245. The van der Waals surface area contributed by atoms with E-state index in [1.165, 1.54) is 11.6 Å².